The Bertz CT molecular complexity index is 1130. The van der Waals surface area contributed by atoms with Crippen molar-refractivity contribution < 1.29 is 24.2 Å². The average Bonchev–Trinajstić information content (AvgIpc) is 2.87. The molecule has 172 valence electrons. The molecular weight excluding hydrogens is 440 g/mol. The standard InChI is InChI=1S/C25H26N2O5S/c1-25(2,3)14-27-18-8-7-15(13-26)11-17(18)23(33-20(24(27)30)12-21(28)29)16-5-4-6-19-22(16)32-10-9-31-19/h4-8,11,20,23H,9-10,12,14H2,1-3H3,(H,28,29)/t20-,23-/m1/s1. The highest BCUT2D eigenvalue weighted by Crippen LogP contribution is 2.51. The number of nitriles is 1. The zero-order valence-electron chi connectivity index (χ0n) is 18.8. The lowest BCUT2D eigenvalue weighted by Gasteiger charge is -2.31. The van der Waals surface area contributed by atoms with Crippen LogP contribution in [0.2, 0.25) is 0 Å². The maximum atomic E-state index is 13.7. The molecule has 0 saturated carbocycles. The molecule has 0 fully saturated rings. The minimum Gasteiger partial charge on any atom is -0.486 e. The van der Waals surface area contributed by atoms with E-state index in [1.165, 1.54) is 11.8 Å². The fraction of sp³-hybridized carbons (Fsp3) is 0.400. The number of carboxylic acid groups (broad SMARTS) is 1. The van der Waals surface area contributed by atoms with Crippen molar-refractivity contribution in [3.8, 4) is 17.6 Å². The molecule has 33 heavy (non-hydrogen) atoms. The predicted molar refractivity (Wildman–Crippen MR) is 126 cm³/mol. The van der Waals surface area contributed by atoms with Gasteiger partial charge in [-0.1, -0.05) is 32.9 Å². The molecule has 2 atom stereocenters. The molecule has 0 aliphatic carbocycles. The van der Waals surface area contributed by atoms with Crippen LogP contribution in [-0.2, 0) is 9.59 Å². The molecule has 2 aromatic rings. The predicted octanol–water partition coefficient (Wildman–Crippen LogP) is 4.39. The first-order valence-electron chi connectivity index (χ1n) is 10.8. The van der Waals surface area contributed by atoms with Crippen LogP contribution in [0.25, 0.3) is 0 Å². The van der Waals surface area contributed by atoms with Gasteiger partial charge in [-0.05, 0) is 35.2 Å². The van der Waals surface area contributed by atoms with Gasteiger partial charge < -0.3 is 19.5 Å². The number of anilines is 1. The van der Waals surface area contributed by atoms with E-state index in [0.29, 0.717) is 42.5 Å². The molecule has 2 heterocycles. The summed E-state index contributed by atoms with van der Waals surface area (Å²) < 4.78 is 11.7. The minimum absolute atomic E-state index is 0.220. The molecule has 0 bridgehead atoms. The van der Waals surface area contributed by atoms with Gasteiger partial charge in [-0.3, -0.25) is 9.59 Å². The second-order valence-electron chi connectivity index (χ2n) is 9.34. The van der Waals surface area contributed by atoms with Crippen LogP contribution in [0.1, 0.15) is 49.1 Å². The van der Waals surface area contributed by atoms with E-state index in [0.717, 1.165) is 11.1 Å². The van der Waals surface area contributed by atoms with Gasteiger partial charge in [-0.2, -0.15) is 5.26 Å². The second-order valence-corrected chi connectivity index (χ2v) is 10.7. The SMILES string of the molecule is CC(C)(C)CN1C(=O)[C@@H](CC(=O)O)S[C@H](c2cccc3c2OCCO3)c2cc(C#N)ccc21. The molecule has 0 unspecified atom stereocenters. The largest absolute Gasteiger partial charge is 0.486 e. The highest BCUT2D eigenvalue weighted by atomic mass is 32.2. The third kappa shape index (κ3) is 4.79. The molecule has 0 saturated heterocycles. The Balaban J connectivity index is 1.94. The summed E-state index contributed by atoms with van der Waals surface area (Å²) in [5.74, 6) is -0.0593. The number of amides is 1. The first kappa shape index (κ1) is 23.0. The number of thioether (sulfide) groups is 1. The Labute approximate surface area is 197 Å². The molecule has 8 heteroatoms. The summed E-state index contributed by atoms with van der Waals surface area (Å²) in [6.07, 6.45) is -0.299. The minimum atomic E-state index is -1.03. The average molecular weight is 467 g/mol. The van der Waals surface area contributed by atoms with Crippen LogP contribution in [0.4, 0.5) is 5.69 Å². The molecule has 2 aliphatic heterocycles. The lowest BCUT2D eigenvalue weighted by atomic mass is 9.93. The zero-order valence-corrected chi connectivity index (χ0v) is 19.6. The van der Waals surface area contributed by atoms with Gasteiger partial charge in [0.05, 0.1) is 28.6 Å². The summed E-state index contributed by atoms with van der Waals surface area (Å²) in [7, 11) is 0. The quantitative estimate of drug-likeness (QED) is 0.713. The number of carbonyl (C=O) groups is 2. The Morgan fingerprint density at radius 1 is 1.21 bits per heavy atom. The van der Waals surface area contributed by atoms with Gasteiger partial charge in [-0.15, -0.1) is 11.8 Å². The Morgan fingerprint density at radius 2 is 1.97 bits per heavy atom. The van der Waals surface area contributed by atoms with E-state index in [-0.39, 0.29) is 17.7 Å². The Morgan fingerprint density at radius 3 is 2.67 bits per heavy atom. The van der Waals surface area contributed by atoms with E-state index in [4.69, 9.17) is 9.47 Å². The van der Waals surface area contributed by atoms with Crippen molar-refractivity contribution in [2.45, 2.75) is 37.7 Å². The zero-order chi connectivity index (χ0) is 23.8. The molecule has 1 N–H and O–H groups in total. The van der Waals surface area contributed by atoms with Crippen molar-refractivity contribution in [1.29, 1.82) is 5.26 Å². The fourth-order valence-electron chi connectivity index (χ4n) is 4.14. The van der Waals surface area contributed by atoms with Crippen molar-refractivity contribution in [3.63, 3.8) is 0 Å². The second kappa shape index (κ2) is 8.99. The summed E-state index contributed by atoms with van der Waals surface area (Å²) in [5, 5.41) is 17.9. The number of ether oxygens (including phenoxy) is 2. The third-order valence-electron chi connectivity index (χ3n) is 5.44. The number of hydrogen-bond donors (Lipinski definition) is 1. The van der Waals surface area contributed by atoms with Gasteiger partial charge in [0, 0.05) is 17.8 Å². The molecule has 7 nitrogen and oxygen atoms in total. The molecule has 0 spiro atoms. The number of aliphatic carboxylic acids is 1. The number of rotatable bonds is 4. The number of benzene rings is 2. The monoisotopic (exact) mass is 466 g/mol. The smallest absolute Gasteiger partial charge is 0.305 e. The Kier molecular flexibility index (Phi) is 6.26. The highest BCUT2D eigenvalue weighted by Gasteiger charge is 2.40. The number of hydrogen-bond acceptors (Lipinski definition) is 6. The van der Waals surface area contributed by atoms with Gasteiger partial charge in [-0.25, -0.2) is 0 Å². The maximum absolute atomic E-state index is 13.7. The van der Waals surface area contributed by atoms with Gasteiger partial charge in [0.2, 0.25) is 5.91 Å². The van der Waals surface area contributed by atoms with E-state index in [2.05, 4.69) is 6.07 Å². The van der Waals surface area contributed by atoms with E-state index in [9.17, 15) is 20.0 Å². The van der Waals surface area contributed by atoms with E-state index in [1.54, 1.807) is 23.1 Å². The van der Waals surface area contributed by atoms with Crippen molar-refractivity contribution in [1.82, 2.24) is 0 Å². The summed E-state index contributed by atoms with van der Waals surface area (Å²) in [6, 6.07) is 13.1. The molecule has 4 rings (SSSR count). The topological polar surface area (TPSA) is 99.9 Å². The van der Waals surface area contributed by atoms with Gasteiger partial charge in [0.25, 0.3) is 0 Å². The normalized spacial score (nSPS) is 19.9. The lowest BCUT2D eigenvalue weighted by Crippen LogP contribution is -2.42. The van der Waals surface area contributed by atoms with Crippen LogP contribution in [0, 0.1) is 16.7 Å². The van der Waals surface area contributed by atoms with Crippen LogP contribution in [-0.4, -0.2) is 42.0 Å². The summed E-state index contributed by atoms with van der Waals surface area (Å²) in [6.45, 7) is 7.36. The van der Waals surface area contributed by atoms with Crippen LogP contribution < -0.4 is 14.4 Å². The number of carboxylic acids is 1. The van der Waals surface area contributed by atoms with Crippen LogP contribution in [0.3, 0.4) is 0 Å². The van der Waals surface area contributed by atoms with Crippen molar-refractivity contribution in [3.05, 3.63) is 53.1 Å². The number of fused-ring (bicyclic) bond motifs is 2. The first-order valence-corrected chi connectivity index (χ1v) is 11.7. The summed E-state index contributed by atoms with van der Waals surface area (Å²) >= 11 is 1.29. The number of nitrogens with zero attached hydrogens (tertiary/aromatic N) is 2. The number of para-hydroxylation sites is 1. The van der Waals surface area contributed by atoms with Gasteiger partial charge in [0.15, 0.2) is 11.5 Å². The van der Waals surface area contributed by atoms with Crippen molar-refractivity contribution >= 4 is 29.3 Å². The lowest BCUT2D eigenvalue weighted by molar-refractivity contribution is -0.138. The number of carbonyl (C=O) groups excluding carboxylic acids is 1. The molecule has 0 aromatic heterocycles. The van der Waals surface area contributed by atoms with E-state index in [1.807, 2.05) is 39.0 Å². The fourth-order valence-corrected chi connectivity index (χ4v) is 5.62. The van der Waals surface area contributed by atoms with Gasteiger partial charge >= 0.3 is 5.97 Å². The highest BCUT2D eigenvalue weighted by molar-refractivity contribution is 8.01. The van der Waals surface area contributed by atoms with Crippen molar-refractivity contribution in [2.75, 3.05) is 24.7 Å². The molecule has 2 aliphatic rings. The van der Waals surface area contributed by atoms with E-state index < -0.39 is 16.5 Å². The molecular formula is C25H26N2O5S. The maximum Gasteiger partial charge on any atom is 0.305 e. The molecule has 1 amide bonds. The van der Waals surface area contributed by atoms with Crippen molar-refractivity contribution in [2.24, 2.45) is 5.41 Å². The van der Waals surface area contributed by atoms with Gasteiger partial charge in [0.1, 0.15) is 13.2 Å². The summed E-state index contributed by atoms with van der Waals surface area (Å²) in [5.41, 5.74) is 2.53. The first-order chi connectivity index (χ1) is 15.7. The molecule has 2 aromatic carbocycles. The van der Waals surface area contributed by atoms with E-state index >= 15 is 0 Å². The van der Waals surface area contributed by atoms with Crippen LogP contribution in [0.15, 0.2) is 36.4 Å². The van der Waals surface area contributed by atoms with Crippen LogP contribution in [0.5, 0.6) is 11.5 Å². The van der Waals surface area contributed by atoms with Crippen LogP contribution >= 0.6 is 11.8 Å². The summed E-state index contributed by atoms with van der Waals surface area (Å²) in [4.78, 5) is 27.0. The third-order valence-corrected chi connectivity index (χ3v) is 6.92. The Hall–Kier alpha value is -3.18. The molecule has 0 radical (unpaired) electrons.